The molecular weight excluding hydrogens is 474 g/mol. The molecule has 0 aliphatic heterocycles. The van der Waals surface area contributed by atoms with Gasteiger partial charge >= 0.3 is 0 Å². The second kappa shape index (κ2) is 10.3. The van der Waals surface area contributed by atoms with E-state index in [1.165, 1.54) is 11.3 Å². The number of thiazole rings is 1. The van der Waals surface area contributed by atoms with E-state index in [9.17, 15) is 4.79 Å². The number of amides is 1. The Labute approximate surface area is 212 Å². The summed E-state index contributed by atoms with van der Waals surface area (Å²) < 4.78 is 19.2. The molecule has 0 fully saturated rings. The van der Waals surface area contributed by atoms with Gasteiger partial charge in [-0.15, -0.1) is 0 Å². The van der Waals surface area contributed by atoms with E-state index < -0.39 is 0 Å². The van der Waals surface area contributed by atoms with Crippen molar-refractivity contribution in [3.63, 3.8) is 0 Å². The van der Waals surface area contributed by atoms with Crippen molar-refractivity contribution in [2.24, 2.45) is 4.99 Å². The second-order valence-electron chi connectivity index (χ2n) is 8.06. The van der Waals surface area contributed by atoms with Crippen LogP contribution in [0.1, 0.15) is 10.4 Å². The number of benzene rings is 3. The van der Waals surface area contributed by atoms with Crippen LogP contribution in [0.3, 0.4) is 0 Å². The molecule has 0 N–H and O–H groups in total. The quantitative estimate of drug-likeness (QED) is 0.303. The fourth-order valence-corrected chi connectivity index (χ4v) is 5.20. The van der Waals surface area contributed by atoms with Crippen molar-refractivity contribution in [2.75, 3.05) is 27.9 Å². The highest BCUT2D eigenvalue weighted by molar-refractivity contribution is 7.16. The van der Waals surface area contributed by atoms with Gasteiger partial charge in [-0.2, -0.15) is 4.99 Å². The number of ether oxygens (including phenoxy) is 3. The van der Waals surface area contributed by atoms with Crippen LogP contribution in [0.5, 0.6) is 11.5 Å². The monoisotopic (exact) mass is 499 g/mol. The summed E-state index contributed by atoms with van der Waals surface area (Å²) in [5, 5.41) is 0.763. The van der Waals surface area contributed by atoms with E-state index in [-0.39, 0.29) is 5.91 Å². The summed E-state index contributed by atoms with van der Waals surface area (Å²) in [5.41, 5.74) is 3.81. The molecule has 3 aromatic carbocycles. The SMILES string of the molecule is COCCn1c(=NC(=O)c2cc(-c3ccccc3)nc3ccccc23)sc2cc(OC)c(OC)cc21. The van der Waals surface area contributed by atoms with Gasteiger partial charge in [-0.25, -0.2) is 4.98 Å². The lowest BCUT2D eigenvalue weighted by atomic mass is 10.0. The van der Waals surface area contributed by atoms with Gasteiger partial charge in [0, 0.05) is 36.7 Å². The summed E-state index contributed by atoms with van der Waals surface area (Å²) in [7, 11) is 4.85. The molecular formula is C28H25N3O4S. The Morgan fingerprint density at radius 1 is 0.944 bits per heavy atom. The van der Waals surface area contributed by atoms with Crippen LogP contribution < -0.4 is 14.3 Å². The molecule has 7 nitrogen and oxygen atoms in total. The Hall–Kier alpha value is -4.01. The number of hydrogen-bond acceptors (Lipinski definition) is 6. The molecule has 0 atom stereocenters. The van der Waals surface area contributed by atoms with Crippen LogP contribution >= 0.6 is 11.3 Å². The molecule has 0 saturated carbocycles. The number of carbonyl (C=O) groups is 1. The van der Waals surface area contributed by atoms with Gasteiger partial charge in [0.2, 0.25) is 0 Å². The third-order valence-corrected chi connectivity index (χ3v) is 6.96. The van der Waals surface area contributed by atoms with Crippen molar-refractivity contribution >= 4 is 38.4 Å². The highest BCUT2D eigenvalue weighted by Crippen LogP contribution is 2.33. The minimum absolute atomic E-state index is 0.331. The molecule has 182 valence electrons. The first-order valence-electron chi connectivity index (χ1n) is 11.4. The van der Waals surface area contributed by atoms with Gasteiger partial charge in [-0.3, -0.25) is 4.79 Å². The van der Waals surface area contributed by atoms with E-state index in [2.05, 4.69) is 4.99 Å². The van der Waals surface area contributed by atoms with Crippen LogP contribution in [0, 0.1) is 0 Å². The van der Waals surface area contributed by atoms with E-state index in [1.54, 1.807) is 21.3 Å². The summed E-state index contributed by atoms with van der Waals surface area (Å²) in [6, 6.07) is 23.1. The van der Waals surface area contributed by atoms with Gasteiger partial charge in [0.15, 0.2) is 16.3 Å². The number of methoxy groups -OCH3 is 3. The predicted molar refractivity (Wildman–Crippen MR) is 142 cm³/mol. The van der Waals surface area contributed by atoms with Crippen LogP contribution in [0.25, 0.3) is 32.4 Å². The molecule has 0 unspecified atom stereocenters. The van der Waals surface area contributed by atoms with Crippen LogP contribution in [-0.2, 0) is 11.3 Å². The van der Waals surface area contributed by atoms with E-state index in [4.69, 9.17) is 19.2 Å². The first-order chi connectivity index (χ1) is 17.6. The van der Waals surface area contributed by atoms with Gasteiger partial charge < -0.3 is 18.8 Å². The zero-order valence-electron chi connectivity index (χ0n) is 20.2. The molecule has 36 heavy (non-hydrogen) atoms. The van der Waals surface area contributed by atoms with Crippen molar-refractivity contribution in [3.05, 3.63) is 83.2 Å². The Morgan fingerprint density at radius 3 is 2.42 bits per heavy atom. The largest absolute Gasteiger partial charge is 0.493 e. The average molecular weight is 500 g/mol. The van der Waals surface area contributed by atoms with Crippen molar-refractivity contribution in [2.45, 2.75) is 6.54 Å². The van der Waals surface area contributed by atoms with Crippen molar-refractivity contribution < 1.29 is 19.0 Å². The lowest BCUT2D eigenvalue weighted by Gasteiger charge is -2.09. The van der Waals surface area contributed by atoms with Gasteiger partial charge in [0.25, 0.3) is 5.91 Å². The average Bonchev–Trinajstić information content (AvgIpc) is 3.26. The van der Waals surface area contributed by atoms with E-state index >= 15 is 0 Å². The molecule has 2 heterocycles. The zero-order chi connectivity index (χ0) is 25.1. The van der Waals surface area contributed by atoms with E-state index in [0.717, 1.165) is 32.4 Å². The van der Waals surface area contributed by atoms with Crippen molar-refractivity contribution in [1.29, 1.82) is 0 Å². The van der Waals surface area contributed by atoms with Gasteiger partial charge in [-0.05, 0) is 12.1 Å². The van der Waals surface area contributed by atoms with Gasteiger partial charge in [0.05, 0.1) is 47.8 Å². The highest BCUT2D eigenvalue weighted by Gasteiger charge is 2.16. The first-order valence-corrected chi connectivity index (χ1v) is 12.2. The Balaban J connectivity index is 1.70. The Morgan fingerprint density at radius 2 is 1.67 bits per heavy atom. The van der Waals surface area contributed by atoms with Crippen LogP contribution in [-0.4, -0.2) is 43.4 Å². The van der Waals surface area contributed by atoms with Crippen molar-refractivity contribution in [1.82, 2.24) is 9.55 Å². The normalized spacial score (nSPS) is 11.8. The number of hydrogen-bond donors (Lipinski definition) is 0. The maximum Gasteiger partial charge on any atom is 0.280 e. The predicted octanol–water partition coefficient (Wildman–Crippen LogP) is 5.32. The lowest BCUT2D eigenvalue weighted by molar-refractivity contribution is 0.0999. The molecule has 2 aromatic heterocycles. The number of nitrogens with zero attached hydrogens (tertiary/aromatic N) is 3. The molecule has 0 bridgehead atoms. The number of para-hydroxylation sites is 1. The topological polar surface area (TPSA) is 74.9 Å². The van der Waals surface area contributed by atoms with Crippen molar-refractivity contribution in [3.8, 4) is 22.8 Å². The van der Waals surface area contributed by atoms with Crippen LogP contribution in [0.2, 0.25) is 0 Å². The molecule has 0 spiro atoms. The van der Waals surface area contributed by atoms with E-state index in [0.29, 0.717) is 35.0 Å². The lowest BCUT2D eigenvalue weighted by Crippen LogP contribution is -2.19. The fraction of sp³-hybridized carbons (Fsp3) is 0.179. The molecule has 0 aliphatic rings. The zero-order valence-corrected chi connectivity index (χ0v) is 21.0. The summed E-state index contributed by atoms with van der Waals surface area (Å²) in [6.45, 7) is 1.00. The number of fused-ring (bicyclic) bond motifs is 2. The molecule has 1 amide bonds. The van der Waals surface area contributed by atoms with Crippen LogP contribution in [0.4, 0.5) is 0 Å². The maximum atomic E-state index is 13.7. The highest BCUT2D eigenvalue weighted by atomic mass is 32.1. The summed E-state index contributed by atoms with van der Waals surface area (Å²) in [4.78, 5) is 23.6. The summed E-state index contributed by atoms with van der Waals surface area (Å²) >= 11 is 1.42. The molecule has 8 heteroatoms. The van der Waals surface area contributed by atoms with Gasteiger partial charge in [-0.1, -0.05) is 59.9 Å². The molecule has 0 saturated heterocycles. The van der Waals surface area contributed by atoms with Crippen LogP contribution in [0.15, 0.2) is 77.8 Å². The number of aromatic nitrogens is 2. The number of carbonyl (C=O) groups excluding carboxylic acids is 1. The minimum atomic E-state index is -0.331. The summed E-state index contributed by atoms with van der Waals surface area (Å²) in [6.07, 6.45) is 0. The third kappa shape index (κ3) is 4.48. The number of pyridine rings is 1. The number of rotatable bonds is 7. The Bertz CT molecular complexity index is 1620. The fourth-order valence-electron chi connectivity index (χ4n) is 4.14. The molecule has 5 aromatic rings. The second-order valence-corrected chi connectivity index (χ2v) is 9.07. The third-order valence-electron chi connectivity index (χ3n) is 5.92. The maximum absolute atomic E-state index is 13.7. The smallest absolute Gasteiger partial charge is 0.280 e. The standard InChI is InChI=1S/C28H25N3O4S/c1-33-14-13-31-23-16-24(34-2)25(35-3)17-26(23)36-28(31)30-27(32)20-15-22(18-9-5-4-6-10-18)29-21-12-8-7-11-19(20)21/h4-12,15-17H,13-14H2,1-3H3. The minimum Gasteiger partial charge on any atom is -0.493 e. The Kier molecular flexibility index (Phi) is 6.79. The van der Waals surface area contributed by atoms with Gasteiger partial charge in [0.1, 0.15) is 0 Å². The van der Waals surface area contributed by atoms with E-state index in [1.807, 2.05) is 77.4 Å². The molecule has 0 aliphatic carbocycles. The molecule has 5 rings (SSSR count). The summed E-state index contributed by atoms with van der Waals surface area (Å²) in [5.74, 6) is 0.901. The first kappa shape index (κ1) is 23.7. The molecule has 0 radical (unpaired) electrons.